The van der Waals surface area contributed by atoms with Gasteiger partial charge in [0, 0.05) is 0 Å². The first kappa shape index (κ1) is 80.0. The number of carbonyl (C=O) groups is 4. The molecule has 0 saturated carbocycles. The summed E-state index contributed by atoms with van der Waals surface area (Å²) < 4.78 is 66.5. The van der Waals surface area contributed by atoms with Crippen molar-refractivity contribution in [2.24, 2.45) is 0 Å². The van der Waals surface area contributed by atoms with Gasteiger partial charge in [-0.05, 0) is 166 Å². The third kappa shape index (κ3) is 17.7. The molecule has 0 saturated heterocycles. The van der Waals surface area contributed by atoms with E-state index in [1.165, 1.54) is 16.0 Å². The van der Waals surface area contributed by atoms with Gasteiger partial charge in [0.2, 0.25) is 20.0 Å². The maximum Gasteiger partial charge on any atom is 0.366 e. The minimum absolute atomic E-state index is 0.0968. The molecule has 8 heterocycles. The molecule has 2 amide bonds. The standard InChI is InChI=1S/C20H14Cl2N4O2.C18H18Cl2N4O2.C16H15Cl2N5O3S.C15H13Cl2N5O3S/c1-11-17(13-8-9-15(21)16(22)10-13)19-24-23-18(12(2)26(19)25-11)20(27)28-14-6-4-3-5-7-14;1-9-14(11-6-7-12(19)13(20)8-11)16-22-21-15(10(2)24(16)23-9)17(25)26-18(3,4)5;1-4-27(25,26)22-16(24)14-9(3)23-15(20-19-14)13(8(2)21-23)10-5-6-11(17)12(18)7-10;1-7-12(9-4-5-10(16)11(17)6-9)14-19-18-13(8(2)22(14)20-7)15(23)21-26(3,24)25/h3-10H,1-2H3;6-8H,1-5H3;5-7H,4H2,1-3H3,(H,22,24);4-6H,1-3H3,(H,21,23). The molecule has 0 spiro atoms. The van der Waals surface area contributed by atoms with Crippen molar-refractivity contribution in [1.82, 2.24) is 88.7 Å². The summed E-state index contributed by atoms with van der Waals surface area (Å²) in [5.74, 6) is -2.65. The van der Waals surface area contributed by atoms with Crippen molar-refractivity contribution in [2.45, 2.75) is 88.7 Å². The molecule has 0 atom stereocenters. The first-order valence-electron chi connectivity index (χ1n) is 31.6. The summed E-state index contributed by atoms with van der Waals surface area (Å²) >= 11 is 48.4. The molecule has 5 aromatic carbocycles. The van der Waals surface area contributed by atoms with Gasteiger partial charge in [-0.3, -0.25) is 9.59 Å². The maximum atomic E-state index is 12.5. The quantitative estimate of drug-likeness (QED) is 0.0847. The Morgan fingerprint density at radius 2 is 0.692 bits per heavy atom. The number of halogens is 8. The molecular formula is C69H60Cl8N18O10S2. The third-order valence-corrected chi connectivity index (χ3v) is 20.4. The summed E-state index contributed by atoms with van der Waals surface area (Å²) in [6.07, 6.45) is 0.882. The summed E-state index contributed by atoms with van der Waals surface area (Å²) in [6.45, 7) is 20.8. The SMILES string of the molecule is CCS(=O)(=O)NC(=O)c1nnc2c(-c3ccc(Cl)c(Cl)c3)c(C)nn2c1C.Cc1nn2c(C)c(C(=O)NS(C)(=O)=O)nnc2c1-c1ccc(Cl)c(Cl)c1.Cc1nn2c(C)c(C(=O)OC(C)(C)C)nnc2c1-c1ccc(Cl)c(Cl)c1.Cc1nn2c(C)c(C(=O)Oc3ccccc3)nnc2c1-c1ccc(Cl)c(Cl)c1. The molecule has 0 radical (unpaired) electrons. The Labute approximate surface area is 651 Å². The van der Waals surface area contributed by atoms with Crippen LogP contribution in [0.3, 0.4) is 0 Å². The normalized spacial score (nSPS) is 11.6. The number of nitrogens with one attached hydrogen (secondary N) is 2. The number of hydrogen-bond acceptors (Lipinski definition) is 22. The number of hydrogen-bond donors (Lipinski definition) is 2. The van der Waals surface area contributed by atoms with Crippen LogP contribution in [0.15, 0.2) is 103 Å². The Hall–Kier alpha value is -9.60. The monoisotopic (exact) mass is 1640 g/mol. The van der Waals surface area contributed by atoms with Crippen LogP contribution in [-0.4, -0.2) is 137 Å². The van der Waals surface area contributed by atoms with Crippen LogP contribution in [0, 0.1) is 55.4 Å². The Morgan fingerprint density at radius 3 is 0.981 bits per heavy atom. The third-order valence-electron chi connectivity index (χ3n) is 15.7. The molecule has 13 rings (SSSR count). The number of aryl methyl sites for hydroxylation is 8. The zero-order valence-electron chi connectivity index (χ0n) is 58.6. The fourth-order valence-corrected chi connectivity index (χ4v) is 12.8. The molecular weight excluding hydrogens is 1590 g/mol. The molecule has 0 aliphatic rings. The summed E-state index contributed by atoms with van der Waals surface area (Å²) in [5, 5.41) is 53.8. The molecule has 0 fully saturated rings. The topological polar surface area (TPSA) is 351 Å². The second-order valence-electron chi connectivity index (χ2n) is 24.6. The predicted molar refractivity (Wildman–Crippen MR) is 409 cm³/mol. The molecule has 2 N–H and O–H groups in total. The van der Waals surface area contributed by atoms with Crippen LogP contribution in [-0.2, 0) is 24.8 Å². The molecule has 554 valence electrons. The van der Waals surface area contributed by atoms with E-state index in [4.69, 9.17) is 102 Å². The Kier molecular flexibility index (Phi) is 24.0. The van der Waals surface area contributed by atoms with Crippen molar-refractivity contribution in [3.05, 3.63) is 212 Å². The number of carbonyl (C=O) groups excluding carboxylic acids is 4. The molecule has 0 bridgehead atoms. The predicted octanol–water partition coefficient (Wildman–Crippen LogP) is 14.8. The van der Waals surface area contributed by atoms with E-state index >= 15 is 0 Å². The minimum Gasteiger partial charge on any atom is -0.455 e. The van der Waals surface area contributed by atoms with E-state index in [-0.39, 0.29) is 28.5 Å². The van der Waals surface area contributed by atoms with E-state index in [2.05, 4.69) is 61.2 Å². The van der Waals surface area contributed by atoms with E-state index in [9.17, 15) is 36.0 Å². The highest BCUT2D eigenvalue weighted by Crippen LogP contribution is 2.38. The van der Waals surface area contributed by atoms with Crippen molar-refractivity contribution in [3.63, 3.8) is 0 Å². The largest absolute Gasteiger partial charge is 0.455 e. The van der Waals surface area contributed by atoms with Crippen LogP contribution in [0.4, 0.5) is 0 Å². The van der Waals surface area contributed by atoms with Gasteiger partial charge in [0.25, 0.3) is 11.8 Å². The molecule has 107 heavy (non-hydrogen) atoms. The smallest absolute Gasteiger partial charge is 0.366 e. The van der Waals surface area contributed by atoms with E-state index in [1.54, 1.807) is 156 Å². The summed E-state index contributed by atoms with van der Waals surface area (Å²) in [6, 6.07) is 29.7. The van der Waals surface area contributed by atoms with E-state index < -0.39 is 49.4 Å². The van der Waals surface area contributed by atoms with Crippen molar-refractivity contribution in [3.8, 4) is 50.3 Å². The van der Waals surface area contributed by atoms with Gasteiger partial charge in [0.05, 0.1) is 120 Å². The van der Waals surface area contributed by atoms with E-state index in [0.29, 0.717) is 114 Å². The Bertz CT molecular complexity index is 6010. The second kappa shape index (κ2) is 32.1. The number of sulfonamides is 2. The van der Waals surface area contributed by atoms with Gasteiger partial charge in [-0.15, -0.1) is 40.8 Å². The van der Waals surface area contributed by atoms with E-state index in [1.807, 2.05) is 41.5 Å². The Morgan fingerprint density at radius 1 is 0.402 bits per heavy atom. The van der Waals surface area contributed by atoms with Gasteiger partial charge in [0.15, 0.2) is 45.4 Å². The van der Waals surface area contributed by atoms with Gasteiger partial charge < -0.3 is 9.47 Å². The zero-order chi connectivity index (χ0) is 78.2. The summed E-state index contributed by atoms with van der Waals surface area (Å²) in [5.41, 5.74) is 11.8. The number of aromatic nitrogens is 16. The van der Waals surface area contributed by atoms with Crippen LogP contribution >= 0.6 is 92.8 Å². The molecule has 28 nitrogen and oxygen atoms in total. The van der Waals surface area contributed by atoms with Gasteiger partial charge in [-0.1, -0.05) is 135 Å². The fourth-order valence-electron chi connectivity index (χ4n) is 10.6. The van der Waals surface area contributed by atoms with Gasteiger partial charge in [0.1, 0.15) is 11.4 Å². The van der Waals surface area contributed by atoms with Crippen LogP contribution < -0.4 is 14.2 Å². The summed E-state index contributed by atoms with van der Waals surface area (Å²) in [4.78, 5) is 49.3. The number of esters is 2. The lowest BCUT2D eigenvalue weighted by molar-refractivity contribution is 0.00591. The number of rotatable bonds is 12. The number of nitrogens with zero attached hydrogens (tertiary/aromatic N) is 16. The van der Waals surface area contributed by atoms with Crippen molar-refractivity contribution in [2.75, 3.05) is 12.0 Å². The number of amides is 2. The lowest BCUT2D eigenvalue weighted by atomic mass is 10.1. The zero-order valence-corrected chi connectivity index (χ0v) is 66.3. The lowest BCUT2D eigenvalue weighted by Gasteiger charge is -2.19. The lowest BCUT2D eigenvalue weighted by Crippen LogP contribution is -2.33. The van der Waals surface area contributed by atoms with Crippen molar-refractivity contribution in [1.29, 1.82) is 0 Å². The molecule has 0 aliphatic carbocycles. The van der Waals surface area contributed by atoms with E-state index in [0.717, 1.165) is 51.0 Å². The molecule has 0 aliphatic heterocycles. The minimum atomic E-state index is -3.72. The first-order valence-corrected chi connectivity index (χ1v) is 38.1. The fraction of sp³-hybridized carbons (Fsp3) is 0.217. The average molecular weight is 1650 g/mol. The van der Waals surface area contributed by atoms with Gasteiger partial charge in [-0.25, -0.2) is 53.9 Å². The molecule has 8 aromatic heterocycles. The second-order valence-corrected chi connectivity index (χ2v) is 31.6. The van der Waals surface area contributed by atoms with Gasteiger partial charge >= 0.3 is 11.9 Å². The molecule has 13 aromatic rings. The van der Waals surface area contributed by atoms with Crippen LogP contribution in [0.25, 0.3) is 67.1 Å². The van der Waals surface area contributed by atoms with Crippen LogP contribution in [0.2, 0.25) is 40.2 Å². The first-order chi connectivity index (χ1) is 50.3. The Balaban J connectivity index is 0.000000153. The van der Waals surface area contributed by atoms with Gasteiger partial charge in [-0.2, -0.15) is 20.4 Å². The number of benzene rings is 5. The van der Waals surface area contributed by atoms with Crippen LogP contribution in [0.5, 0.6) is 5.75 Å². The highest BCUT2D eigenvalue weighted by molar-refractivity contribution is 7.90. The van der Waals surface area contributed by atoms with Crippen LogP contribution in [0.1, 0.15) is 115 Å². The number of fused-ring (bicyclic) bond motifs is 4. The molecule has 0 unspecified atom stereocenters. The summed E-state index contributed by atoms with van der Waals surface area (Å²) in [7, 11) is -7.44. The van der Waals surface area contributed by atoms with Crippen molar-refractivity contribution < 1.29 is 45.5 Å². The highest BCUT2D eigenvalue weighted by atomic mass is 35.5. The number of ether oxygens (including phenoxy) is 2. The maximum absolute atomic E-state index is 12.5. The number of para-hydroxylation sites is 1. The molecule has 38 heteroatoms. The average Bonchev–Trinajstić information content (AvgIpc) is 1.65. The van der Waals surface area contributed by atoms with Crippen molar-refractivity contribution >= 4 is 159 Å². The highest BCUT2D eigenvalue weighted by Gasteiger charge is 2.29.